The number of carboxylic acid groups (broad SMARTS) is 1. The van der Waals surface area contributed by atoms with Gasteiger partial charge in [-0.2, -0.15) is 0 Å². The van der Waals surface area contributed by atoms with Crippen LogP contribution in [0.3, 0.4) is 0 Å². The zero-order valence-corrected chi connectivity index (χ0v) is 16.2. The van der Waals surface area contributed by atoms with E-state index in [0.29, 0.717) is 11.4 Å². The van der Waals surface area contributed by atoms with Crippen molar-refractivity contribution in [1.82, 2.24) is 5.32 Å². The first kappa shape index (κ1) is 20.4. The molecular weight excluding hydrogens is 364 g/mol. The molecule has 3 N–H and O–H groups in total. The van der Waals surface area contributed by atoms with Crippen LogP contribution in [0.25, 0.3) is 0 Å². The van der Waals surface area contributed by atoms with Crippen molar-refractivity contribution in [2.75, 3.05) is 11.9 Å². The Bertz CT molecular complexity index is 842. The minimum Gasteiger partial charge on any atom is -0.484 e. The lowest BCUT2D eigenvalue weighted by molar-refractivity contribution is -0.121. The molecule has 0 radical (unpaired) electrons. The summed E-state index contributed by atoms with van der Waals surface area (Å²) >= 11 is 5.06. The molecule has 6 nitrogen and oxygen atoms in total. The van der Waals surface area contributed by atoms with E-state index in [9.17, 15) is 9.59 Å². The highest BCUT2D eigenvalue weighted by atomic mass is 32.1. The summed E-state index contributed by atoms with van der Waals surface area (Å²) in [5.41, 5.74) is 1.81. The SMILES string of the molecule is CC(C)(C)c1ccc(OCC(=O)NC(=S)Nc2cccc(C(=O)O)c2)cc1. The van der Waals surface area contributed by atoms with Crippen LogP contribution < -0.4 is 15.4 Å². The first-order valence-electron chi connectivity index (χ1n) is 8.33. The molecule has 2 rings (SSSR count). The molecule has 0 aliphatic rings. The minimum atomic E-state index is -1.04. The summed E-state index contributed by atoms with van der Waals surface area (Å²) in [7, 11) is 0. The van der Waals surface area contributed by atoms with E-state index in [2.05, 4.69) is 31.4 Å². The van der Waals surface area contributed by atoms with Crippen LogP contribution in [0.1, 0.15) is 36.7 Å². The molecule has 0 unspecified atom stereocenters. The Morgan fingerprint density at radius 1 is 1.11 bits per heavy atom. The Labute approximate surface area is 163 Å². The summed E-state index contributed by atoms with van der Waals surface area (Å²) in [5.74, 6) is -0.868. The minimum absolute atomic E-state index is 0.0473. The topological polar surface area (TPSA) is 87.7 Å². The molecule has 2 aromatic carbocycles. The molecule has 0 saturated heterocycles. The molecule has 0 aromatic heterocycles. The average molecular weight is 386 g/mol. The van der Waals surface area contributed by atoms with Crippen molar-refractivity contribution < 1.29 is 19.4 Å². The molecule has 0 saturated carbocycles. The quantitative estimate of drug-likeness (QED) is 0.681. The van der Waals surface area contributed by atoms with Crippen LogP contribution in [0.5, 0.6) is 5.75 Å². The normalized spacial score (nSPS) is 10.8. The second-order valence-corrected chi connectivity index (χ2v) is 7.36. The summed E-state index contributed by atoms with van der Waals surface area (Å²) in [5, 5.41) is 14.3. The lowest BCUT2D eigenvalue weighted by Gasteiger charge is -2.19. The number of hydrogen-bond acceptors (Lipinski definition) is 4. The number of rotatable bonds is 5. The average Bonchev–Trinajstić information content (AvgIpc) is 2.59. The molecule has 2 aromatic rings. The van der Waals surface area contributed by atoms with Gasteiger partial charge in [0.25, 0.3) is 5.91 Å². The number of hydrogen-bond donors (Lipinski definition) is 3. The van der Waals surface area contributed by atoms with E-state index in [1.165, 1.54) is 17.7 Å². The van der Waals surface area contributed by atoms with E-state index in [-0.39, 0.29) is 22.7 Å². The van der Waals surface area contributed by atoms with Crippen molar-refractivity contribution in [3.63, 3.8) is 0 Å². The summed E-state index contributed by atoms with van der Waals surface area (Å²) in [4.78, 5) is 22.9. The van der Waals surface area contributed by atoms with E-state index in [4.69, 9.17) is 22.1 Å². The summed E-state index contributed by atoms with van der Waals surface area (Å²) in [6, 6.07) is 13.7. The highest BCUT2D eigenvalue weighted by molar-refractivity contribution is 7.80. The number of thiocarbonyl (C=S) groups is 1. The van der Waals surface area contributed by atoms with E-state index in [0.717, 1.165) is 0 Å². The van der Waals surface area contributed by atoms with Gasteiger partial charge in [-0.25, -0.2) is 4.79 Å². The van der Waals surface area contributed by atoms with Crippen molar-refractivity contribution in [3.05, 3.63) is 59.7 Å². The largest absolute Gasteiger partial charge is 0.484 e. The maximum Gasteiger partial charge on any atom is 0.335 e. The zero-order chi connectivity index (χ0) is 20.0. The zero-order valence-electron chi connectivity index (χ0n) is 15.4. The number of carbonyl (C=O) groups is 2. The molecule has 1 amide bonds. The molecular formula is C20H22N2O4S. The van der Waals surface area contributed by atoms with Gasteiger partial charge in [-0.1, -0.05) is 39.0 Å². The van der Waals surface area contributed by atoms with Gasteiger partial charge >= 0.3 is 5.97 Å². The number of carboxylic acids is 1. The van der Waals surface area contributed by atoms with Gasteiger partial charge in [-0.3, -0.25) is 10.1 Å². The molecule has 0 heterocycles. The van der Waals surface area contributed by atoms with Crippen LogP contribution in [0.2, 0.25) is 0 Å². The predicted octanol–water partition coefficient (Wildman–Crippen LogP) is 3.57. The maximum absolute atomic E-state index is 12.0. The van der Waals surface area contributed by atoms with Gasteiger partial charge < -0.3 is 15.2 Å². The molecule has 142 valence electrons. The monoisotopic (exact) mass is 386 g/mol. The molecule has 0 spiro atoms. The van der Waals surface area contributed by atoms with Crippen molar-refractivity contribution in [1.29, 1.82) is 0 Å². The van der Waals surface area contributed by atoms with Crippen molar-refractivity contribution >= 4 is 34.9 Å². The van der Waals surface area contributed by atoms with Crippen LogP contribution in [0.4, 0.5) is 5.69 Å². The van der Waals surface area contributed by atoms with E-state index in [1.54, 1.807) is 12.1 Å². The third-order valence-electron chi connectivity index (χ3n) is 3.71. The Morgan fingerprint density at radius 3 is 2.37 bits per heavy atom. The highest BCUT2D eigenvalue weighted by Crippen LogP contribution is 2.24. The Morgan fingerprint density at radius 2 is 1.78 bits per heavy atom. The summed E-state index contributed by atoms with van der Waals surface area (Å²) in [6.07, 6.45) is 0. The van der Waals surface area contributed by atoms with E-state index in [1.807, 2.05) is 24.3 Å². The fourth-order valence-electron chi connectivity index (χ4n) is 2.26. The van der Waals surface area contributed by atoms with E-state index < -0.39 is 11.9 Å². The first-order chi connectivity index (χ1) is 12.6. The number of ether oxygens (including phenoxy) is 1. The second kappa shape index (κ2) is 8.64. The number of nitrogens with one attached hydrogen (secondary N) is 2. The van der Waals surface area contributed by atoms with Crippen LogP contribution in [-0.2, 0) is 10.2 Å². The van der Waals surface area contributed by atoms with Crippen LogP contribution in [0.15, 0.2) is 48.5 Å². The number of aromatic carboxylic acids is 1. The number of amides is 1. The third kappa shape index (κ3) is 6.38. The number of anilines is 1. The van der Waals surface area contributed by atoms with Gasteiger partial charge in [0, 0.05) is 5.69 Å². The number of benzene rings is 2. The fourth-order valence-corrected chi connectivity index (χ4v) is 2.49. The Balaban J connectivity index is 1.84. The van der Waals surface area contributed by atoms with Crippen molar-refractivity contribution in [2.24, 2.45) is 0 Å². The summed E-state index contributed by atoms with van der Waals surface area (Å²) < 4.78 is 5.46. The van der Waals surface area contributed by atoms with Gasteiger partial charge in [0.05, 0.1) is 5.56 Å². The van der Waals surface area contributed by atoms with Crippen molar-refractivity contribution in [2.45, 2.75) is 26.2 Å². The van der Waals surface area contributed by atoms with Gasteiger partial charge in [0.15, 0.2) is 11.7 Å². The van der Waals surface area contributed by atoms with Gasteiger partial charge in [0.1, 0.15) is 5.75 Å². The molecule has 0 aliphatic heterocycles. The van der Waals surface area contributed by atoms with Gasteiger partial charge in [-0.05, 0) is 53.5 Å². The second-order valence-electron chi connectivity index (χ2n) is 6.95. The van der Waals surface area contributed by atoms with Crippen LogP contribution in [-0.4, -0.2) is 28.7 Å². The Kier molecular flexibility index (Phi) is 6.52. The lowest BCUT2D eigenvalue weighted by Crippen LogP contribution is -2.37. The lowest BCUT2D eigenvalue weighted by atomic mass is 9.87. The summed E-state index contributed by atoms with van der Waals surface area (Å²) in [6.45, 7) is 6.18. The molecule has 0 bridgehead atoms. The van der Waals surface area contributed by atoms with Crippen molar-refractivity contribution in [3.8, 4) is 5.75 Å². The van der Waals surface area contributed by atoms with Gasteiger partial charge in [-0.15, -0.1) is 0 Å². The maximum atomic E-state index is 12.0. The smallest absolute Gasteiger partial charge is 0.335 e. The first-order valence-corrected chi connectivity index (χ1v) is 8.73. The van der Waals surface area contributed by atoms with Crippen LogP contribution >= 0.6 is 12.2 Å². The standard InChI is InChI=1S/C20H22N2O4S/c1-20(2,3)14-7-9-16(10-8-14)26-12-17(23)22-19(27)21-15-6-4-5-13(11-15)18(24)25/h4-11H,12H2,1-3H3,(H,24,25)(H2,21,22,23,27). The van der Waals surface area contributed by atoms with Gasteiger partial charge in [0.2, 0.25) is 0 Å². The van der Waals surface area contributed by atoms with E-state index >= 15 is 0 Å². The molecule has 0 fully saturated rings. The molecule has 27 heavy (non-hydrogen) atoms. The molecule has 7 heteroatoms. The molecule has 0 atom stereocenters. The number of carbonyl (C=O) groups excluding carboxylic acids is 1. The highest BCUT2D eigenvalue weighted by Gasteiger charge is 2.13. The third-order valence-corrected chi connectivity index (χ3v) is 3.91. The van der Waals surface area contributed by atoms with Crippen LogP contribution in [0, 0.1) is 0 Å². The predicted molar refractivity (Wildman–Crippen MR) is 108 cm³/mol. The Hall–Kier alpha value is -2.93. The molecule has 0 aliphatic carbocycles. The fraction of sp³-hybridized carbons (Fsp3) is 0.250.